The van der Waals surface area contributed by atoms with Crippen LogP contribution in [0.3, 0.4) is 0 Å². The van der Waals surface area contributed by atoms with E-state index in [1.165, 1.54) is 6.08 Å². The first kappa shape index (κ1) is 21.8. The van der Waals surface area contributed by atoms with Gasteiger partial charge in [-0.2, -0.15) is 0 Å². The summed E-state index contributed by atoms with van der Waals surface area (Å²) < 4.78 is 0. The van der Waals surface area contributed by atoms with E-state index in [2.05, 4.69) is 10.6 Å². The van der Waals surface area contributed by atoms with Gasteiger partial charge in [-0.3, -0.25) is 9.59 Å². The molecule has 0 bridgehead atoms. The lowest BCUT2D eigenvalue weighted by Crippen LogP contribution is -2.22. The van der Waals surface area contributed by atoms with Crippen molar-refractivity contribution in [2.45, 2.75) is 6.54 Å². The van der Waals surface area contributed by atoms with Crippen LogP contribution in [-0.4, -0.2) is 11.8 Å². The topological polar surface area (TPSA) is 58.2 Å². The minimum Gasteiger partial charge on any atom is -0.348 e. The molecule has 4 aromatic rings. The molecule has 0 radical (unpaired) electrons. The maximum absolute atomic E-state index is 12.7. The Morgan fingerprint density at radius 3 is 2.18 bits per heavy atom. The predicted octanol–water partition coefficient (Wildman–Crippen LogP) is 5.94. The molecule has 4 heteroatoms. The first-order valence-corrected chi connectivity index (χ1v) is 10.7. The number of nitrogens with one attached hydrogen (secondary N) is 2. The Kier molecular flexibility index (Phi) is 7.08. The van der Waals surface area contributed by atoms with Crippen LogP contribution in [0.5, 0.6) is 0 Å². The molecule has 0 aliphatic carbocycles. The number of carbonyl (C=O) groups excluding carboxylic acids is 2. The van der Waals surface area contributed by atoms with Gasteiger partial charge in [0.2, 0.25) is 5.91 Å². The van der Waals surface area contributed by atoms with Gasteiger partial charge in [0.1, 0.15) is 0 Å². The second-order valence-corrected chi connectivity index (χ2v) is 7.56. The molecule has 0 spiro atoms. The van der Waals surface area contributed by atoms with Crippen LogP contribution in [0, 0.1) is 0 Å². The number of benzene rings is 4. The zero-order valence-electron chi connectivity index (χ0n) is 18.1. The Hall–Kier alpha value is -4.44. The molecule has 4 aromatic carbocycles. The maximum Gasteiger partial charge on any atom is 0.251 e. The fourth-order valence-electron chi connectivity index (χ4n) is 3.43. The minimum atomic E-state index is -0.210. The SMILES string of the molecule is O=C(/C=C/c1ccccc1)Nc1cccc(CNC(=O)c2cccc(-c3ccccc3)c2)c1. The van der Waals surface area contributed by atoms with Crippen molar-refractivity contribution in [1.29, 1.82) is 0 Å². The van der Waals surface area contributed by atoms with Crippen LogP contribution < -0.4 is 10.6 Å². The van der Waals surface area contributed by atoms with Gasteiger partial charge in [-0.15, -0.1) is 0 Å². The summed E-state index contributed by atoms with van der Waals surface area (Å²) >= 11 is 0. The molecule has 2 amide bonds. The Balaban J connectivity index is 1.35. The van der Waals surface area contributed by atoms with E-state index in [4.69, 9.17) is 0 Å². The molecular formula is C29H24N2O2. The third-order valence-corrected chi connectivity index (χ3v) is 5.11. The van der Waals surface area contributed by atoms with Crippen molar-refractivity contribution in [3.8, 4) is 11.1 Å². The van der Waals surface area contributed by atoms with E-state index in [0.29, 0.717) is 17.8 Å². The van der Waals surface area contributed by atoms with Crippen molar-refractivity contribution < 1.29 is 9.59 Å². The Labute approximate surface area is 193 Å². The number of carbonyl (C=O) groups is 2. The van der Waals surface area contributed by atoms with Crippen LogP contribution in [0.1, 0.15) is 21.5 Å². The van der Waals surface area contributed by atoms with Gasteiger partial charge in [0, 0.05) is 23.9 Å². The Morgan fingerprint density at radius 2 is 1.39 bits per heavy atom. The molecule has 0 atom stereocenters. The molecule has 4 rings (SSSR count). The summed E-state index contributed by atoms with van der Waals surface area (Å²) in [5.41, 5.74) is 5.20. The lowest BCUT2D eigenvalue weighted by molar-refractivity contribution is -0.111. The van der Waals surface area contributed by atoms with E-state index in [0.717, 1.165) is 22.3 Å². The smallest absolute Gasteiger partial charge is 0.251 e. The quantitative estimate of drug-likeness (QED) is 0.355. The van der Waals surface area contributed by atoms with Crippen LogP contribution in [0.25, 0.3) is 17.2 Å². The van der Waals surface area contributed by atoms with Crippen LogP contribution in [0.15, 0.2) is 115 Å². The number of hydrogen-bond acceptors (Lipinski definition) is 2. The zero-order chi connectivity index (χ0) is 22.9. The summed E-state index contributed by atoms with van der Waals surface area (Å²) in [6, 6.07) is 34.6. The molecule has 162 valence electrons. The number of hydrogen-bond donors (Lipinski definition) is 2. The van der Waals surface area contributed by atoms with E-state index >= 15 is 0 Å². The van der Waals surface area contributed by atoms with Gasteiger partial charge in [0.05, 0.1) is 0 Å². The normalized spacial score (nSPS) is 10.7. The zero-order valence-corrected chi connectivity index (χ0v) is 18.1. The molecule has 0 aromatic heterocycles. The molecule has 0 fully saturated rings. The van der Waals surface area contributed by atoms with Crippen molar-refractivity contribution in [1.82, 2.24) is 5.32 Å². The van der Waals surface area contributed by atoms with E-state index < -0.39 is 0 Å². The van der Waals surface area contributed by atoms with Gasteiger partial charge in [0.25, 0.3) is 5.91 Å². The highest BCUT2D eigenvalue weighted by Gasteiger charge is 2.08. The molecule has 33 heavy (non-hydrogen) atoms. The van der Waals surface area contributed by atoms with E-state index in [1.54, 1.807) is 12.1 Å². The largest absolute Gasteiger partial charge is 0.348 e. The molecular weight excluding hydrogens is 408 g/mol. The molecule has 0 saturated carbocycles. The third-order valence-electron chi connectivity index (χ3n) is 5.11. The average Bonchev–Trinajstić information content (AvgIpc) is 2.87. The summed E-state index contributed by atoms with van der Waals surface area (Å²) in [6.45, 7) is 0.359. The van der Waals surface area contributed by atoms with E-state index in [-0.39, 0.29) is 11.8 Å². The van der Waals surface area contributed by atoms with Crippen LogP contribution in [-0.2, 0) is 11.3 Å². The molecule has 0 unspecified atom stereocenters. The first-order valence-electron chi connectivity index (χ1n) is 10.7. The van der Waals surface area contributed by atoms with Crippen LogP contribution >= 0.6 is 0 Å². The van der Waals surface area contributed by atoms with Crippen molar-refractivity contribution in [3.05, 3.63) is 132 Å². The van der Waals surface area contributed by atoms with Gasteiger partial charge in [-0.25, -0.2) is 0 Å². The lowest BCUT2D eigenvalue weighted by Gasteiger charge is -2.09. The number of amides is 2. The van der Waals surface area contributed by atoms with Crippen LogP contribution in [0.4, 0.5) is 5.69 Å². The predicted molar refractivity (Wildman–Crippen MR) is 134 cm³/mol. The molecule has 0 aliphatic rings. The van der Waals surface area contributed by atoms with Gasteiger partial charge in [0.15, 0.2) is 0 Å². The van der Waals surface area contributed by atoms with Gasteiger partial charge in [-0.1, -0.05) is 84.9 Å². The maximum atomic E-state index is 12.7. The minimum absolute atomic E-state index is 0.145. The fourth-order valence-corrected chi connectivity index (χ4v) is 3.43. The van der Waals surface area contributed by atoms with Crippen molar-refractivity contribution in [2.75, 3.05) is 5.32 Å². The first-order chi connectivity index (χ1) is 16.2. The standard InChI is InChI=1S/C29H24N2O2/c32-28(18-17-22-9-3-1-4-10-22)31-27-16-7-11-23(19-27)21-30-29(33)26-15-8-14-25(20-26)24-12-5-2-6-13-24/h1-20H,21H2,(H,30,33)(H,31,32)/b18-17+. The molecule has 4 nitrogen and oxygen atoms in total. The van der Waals surface area contributed by atoms with Gasteiger partial charge < -0.3 is 10.6 Å². The summed E-state index contributed by atoms with van der Waals surface area (Å²) in [4.78, 5) is 24.9. The Bertz CT molecular complexity index is 1270. The third kappa shape index (κ3) is 6.28. The molecule has 2 N–H and O–H groups in total. The second kappa shape index (κ2) is 10.7. The fraction of sp³-hybridized carbons (Fsp3) is 0.0345. The number of rotatable bonds is 7. The highest BCUT2D eigenvalue weighted by molar-refractivity contribution is 6.02. The summed E-state index contributed by atoms with van der Waals surface area (Å²) in [7, 11) is 0. The van der Waals surface area contributed by atoms with E-state index in [1.807, 2.05) is 103 Å². The van der Waals surface area contributed by atoms with Crippen molar-refractivity contribution >= 4 is 23.6 Å². The number of anilines is 1. The van der Waals surface area contributed by atoms with Crippen LogP contribution in [0.2, 0.25) is 0 Å². The summed E-state index contributed by atoms with van der Waals surface area (Å²) in [5, 5.41) is 5.81. The second-order valence-electron chi connectivity index (χ2n) is 7.56. The Morgan fingerprint density at radius 1 is 0.697 bits per heavy atom. The average molecular weight is 433 g/mol. The highest BCUT2D eigenvalue weighted by atomic mass is 16.2. The molecule has 0 aliphatic heterocycles. The highest BCUT2D eigenvalue weighted by Crippen LogP contribution is 2.20. The monoisotopic (exact) mass is 432 g/mol. The van der Waals surface area contributed by atoms with E-state index in [9.17, 15) is 9.59 Å². The van der Waals surface area contributed by atoms with Gasteiger partial charge in [-0.05, 0) is 52.6 Å². The molecule has 0 saturated heterocycles. The molecule has 0 heterocycles. The lowest BCUT2D eigenvalue weighted by atomic mass is 10.0. The summed E-state index contributed by atoms with van der Waals surface area (Å²) in [5.74, 6) is -0.356. The van der Waals surface area contributed by atoms with Crippen molar-refractivity contribution in [3.63, 3.8) is 0 Å². The van der Waals surface area contributed by atoms with Crippen molar-refractivity contribution in [2.24, 2.45) is 0 Å². The van der Waals surface area contributed by atoms with Gasteiger partial charge >= 0.3 is 0 Å². The summed E-state index contributed by atoms with van der Waals surface area (Å²) in [6.07, 6.45) is 3.27.